The van der Waals surface area contributed by atoms with Gasteiger partial charge in [0.1, 0.15) is 17.6 Å². The average molecular weight is 417 g/mol. The third-order valence-electron chi connectivity index (χ3n) is 4.97. The minimum atomic E-state index is -0.539. The van der Waals surface area contributed by atoms with Crippen molar-refractivity contribution in [1.82, 2.24) is 19.9 Å². The van der Waals surface area contributed by atoms with Gasteiger partial charge in [-0.15, -0.1) is 0 Å². The lowest BCUT2D eigenvalue weighted by Crippen LogP contribution is -2.42. The number of aromatic nitrogens is 3. The van der Waals surface area contributed by atoms with Crippen LogP contribution in [0.15, 0.2) is 18.5 Å². The van der Waals surface area contributed by atoms with E-state index in [2.05, 4.69) is 32.2 Å². The molecule has 1 atom stereocenters. The zero-order chi connectivity index (χ0) is 21.9. The molecule has 0 unspecified atom stereocenters. The number of ether oxygens (including phenoxy) is 1. The van der Waals surface area contributed by atoms with Crippen molar-refractivity contribution in [2.45, 2.75) is 85.2 Å². The van der Waals surface area contributed by atoms with E-state index in [0.717, 1.165) is 55.9 Å². The quantitative estimate of drug-likeness (QED) is 0.392. The lowest BCUT2D eigenvalue weighted by Gasteiger charge is -2.19. The number of unbranched alkanes of at least 4 members (excludes halogenated alkanes) is 4. The molecule has 0 fully saturated rings. The molecule has 0 radical (unpaired) electrons. The summed E-state index contributed by atoms with van der Waals surface area (Å²) in [4.78, 5) is 33.0. The van der Waals surface area contributed by atoms with Gasteiger partial charge in [-0.25, -0.2) is 14.8 Å². The van der Waals surface area contributed by atoms with Gasteiger partial charge < -0.3 is 14.6 Å². The highest BCUT2D eigenvalue weighted by atomic mass is 16.5. The van der Waals surface area contributed by atoms with Crippen LogP contribution in [0, 0.1) is 12.8 Å². The fourth-order valence-corrected chi connectivity index (χ4v) is 3.52. The highest BCUT2D eigenvalue weighted by Crippen LogP contribution is 2.18. The van der Waals surface area contributed by atoms with Crippen molar-refractivity contribution in [3.8, 4) is 11.4 Å². The van der Waals surface area contributed by atoms with Gasteiger partial charge in [0.05, 0.1) is 12.3 Å². The van der Waals surface area contributed by atoms with Gasteiger partial charge in [0.15, 0.2) is 0 Å². The van der Waals surface area contributed by atoms with Crippen molar-refractivity contribution in [3.05, 3.63) is 24.3 Å². The Bertz CT molecular complexity index is 772. The molecule has 1 amide bonds. The highest BCUT2D eigenvalue weighted by Gasteiger charge is 2.22. The van der Waals surface area contributed by atoms with Crippen LogP contribution in [0.25, 0.3) is 11.4 Å². The number of carbonyl (C=O) groups is 2. The van der Waals surface area contributed by atoms with Gasteiger partial charge >= 0.3 is 5.97 Å². The average Bonchev–Trinajstić information content (AvgIpc) is 3.05. The topological polar surface area (TPSA) is 86.1 Å². The lowest BCUT2D eigenvalue weighted by molar-refractivity contribution is -0.147. The molecule has 0 aromatic carbocycles. The lowest BCUT2D eigenvalue weighted by atomic mass is 10.0. The monoisotopic (exact) mass is 416 g/mol. The second-order valence-corrected chi connectivity index (χ2v) is 8.24. The van der Waals surface area contributed by atoms with Crippen molar-refractivity contribution in [1.29, 1.82) is 0 Å². The molecule has 0 saturated carbocycles. The van der Waals surface area contributed by atoms with Crippen molar-refractivity contribution in [2.75, 3.05) is 6.61 Å². The zero-order valence-corrected chi connectivity index (χ0v) is 18.8. The van der Waals surface area contributed by atoms with Crippen LogP contribution in [0.3, 0.4) is 0 Å². The molecule has 2 heterocycles. The van der Waals surface area contributed by atoms with E-state index in [1.807, 2.05) is 26.8 Å². The van der Waals surface area contributed by atoms with Crippen molar-refractivity contribution >= 4 is 11.9 Å². The van der Waals surface area contributed by atoms with Gasteiger partial charge in [0.2, 0.25) is 5.91 Å². The molecule has 0 aromatic rings. The molecule has 7 nitrogen and oxygen atoms in total. The minimum Gasteiger partial charge on any atom is -0.464 e. The fraction of sp³-hybridized carbons (Fsp3) is 0.652. The molecule has 2 aliphatic heterocycles. The highest BCUT2D eigenvalue weighted by molar-refractivity contribution is 5.84. The summed E-state index contributed by atoms with van der Waals surface area (Å²) in [6.45, 7) is 9.03. The van der Waals surface area contributed by atoms with E-state index >= 15 is 0 Å². The maximum Gasteiger partial charge on any atom is 0.328 e. The predicted octanol–water partition coefficient (Wildman–Crippen LogP) is 4.13. The molecule has 166 valence electrons. The van der Waals surface area contributed by atoms with Gasteiger partial charge in [0.25, 0.3) is 0 Å². The van der Waals surface area contributed by atoms with E-state index in [0.29, 0.717) is 25.4 Å². The summed E-state index contributed by atoms with van der Waals surface area (Å²) in [5.74, 6) is 0.722. The molecule has 1 N–H and O–H groups in total. The Hall–Kier alpha value is -2.44. The van der Waals surface area contributed by atoms with Gasteiger partial charge in [-0.2, -0.15) is 0 Å². The van der Waals surface area contributed by atoms with Crippen LogP contribution in [0.1, 0.15) is 71.5 Å². The number of nitrogens with one attached hydrogen (secondary N) is 1. The molecule has 0 saturated heterocycles. The smallest absolute Gasteiger partial charge is 0.328 e. The second-order valence-electron chi connectivity index (χ2n) is 8.24. The number of aryl methyl sites for hydroxylation is 2. The number of imidazole rings is 1. The molecule has 0 bridgehead atoms. The predicted molar refractivity (Wildman–Crippen MR) is 117 cm³/mol. The van der Waals surface area contributed by atoms with Crippen LogP contribution in [0.2, 0.25) is 0 Å². The number of rotatable bonds is 13. The summed E-state index contributed by atoms with van der Waals surface area (Å²) in [7, 11) is 0. The van der Waals surface area contributed by atoms with E-state index in [1.54, 1.807) is 6.92 Å². The molecule has 30 heavy (non-hydrogen) atoms. The van der Waals surface area contributed by atoms with Gasteiger partial charge in [-0.1, -0.05) is 33.1 Å². The summed E-state index contributed by atoms with van der Waals surface area (Å²) < 4.78 is 7.23. The van der Waals surface area contributed by atoms with Crippen LogP contribution < -0.4 is 5.32 Å². The minimum absolute atomic E-state index is 0.0661. The molecular weight excluding hydrogens is 380 g/mol. The van der Waals surface area contributed by atoms with Crippen LogP contribution in [0.5, 0.6) is 0 Å². The molecule has 0 spiro atoms. The van der Waals surface area contributed by atoms with E-state index < -0.39 is 6.04 Å². The normalized spacial score (nSPS) is 12.3. The van der Waals surface area contributed by atoms with E-state index in [9.17, 15) is 9.59 Å². The van der Waals surface area contributed by atoms with Crippen LogP contribution in [0.4, 0.5) is 0 Å². The van der Waals surface area contributed by atoms with Crippen LogP contribution >= 0.6 is 0 Å². The fourth-order valence-electron chi connectivity index (χ4n) is 3.52. The summed E-state index contributed by atoms with van der Waals surface area (Å²) >= 11 is 0. The second kappa shape index (κ2) is 12.3. The number of hydrogen-bond acceptors (Lipinski definition) is 5. The first-order valence-electron chi connectivity index (χ1n) is 11.1. The number of pyridine rings is 1. The molecular formula is C23H36N4O3. The van der Waals surface area contributed by atoms with Gasteiger partial charge in [0, 0.05) is 25.4 Å². The van der Waals surface area contributed by atoms with E-state index in [-0.39, 0.29) is 11.9 Å². The summed E-state index contributed by atoms with van der Waals surface area (Å²) in [6, 6.07) is 1.47. The first-order chi connectivity index (χ1) is 14.4. The number of fused-ring (bicyclic) bond motifs is 1. The molecule has 0 aliphatic carbocycles. The third-order valence-corrected chi connectivity index (χ3v) is 4.97. The first kappa shape index (κ1) is 23.8. The summed E-state index contributed by atoms with van der Waals surface area (Å²) in [6.07, 6.45) is 10.3. The van der Waals surface area contributed by atoms with Crippen molar-refractivity contribution < 1.29 is 14.3 Å². The van der Waals surface area contributed by atoms with Crippen molar-refractivity contribution in [3.63, 3.8) is 0 Å². The molecule has 7 heteroatoms. The number of amides is 1. The van der Waals surface area contributed by atoms with Gasteiger partial charge in [-0.05, 0) is 45.1 Å². The summed E-state index contributed by atoms with van der Waals surface area (Å²) in [5, 5.41) is 2.84. The maximum absolute atomic E-state index is 12.2. The molecule has 2 aliphatic rings. The Morgan fingerprint density at radius 3 is 2.53 bits per heavy atom. The SMILES string of the molecule is CCOC(=O)[C@H](CC(C)C)NC(=O)CCCCCCCn1ccc2nc(C)nc-2c1. The number of hydrogen-bond donors (Lipinski definition) is 1. The first-order valence-corrected chi connectivity index (χ1v) is 11.1. The van der Waals surface area contributed by atoms with E-state index in [1.165, 1.54) is 0 Å². The summed E-state index contributed by atoms with van der Waals surface area (Å²) in [5.41, 5.74) is 1.89. The number of carbonyl (C=O) groups excluding carboxylic acids is 2. The molecule has 0 aromatic heterocycles. The largest absolute Gasteiger partial charge is 0.464 e. The maximum atomic E-state index is 12.2. The third kappa shape index (κ3) is 8.13. The Labute approximate surface area is 180 Å². The Balaban J connectivity index is 1.60. The van der Waals surface area contributed by atoms with Crippen LogP contribution in [-0.2, 0) is 20.9 Å². The number of esters is 1. The van der Waals surface area contributed by atoms with Gasteiger partial charge in [-0.3, -0.25) is 4.79 Å². The Morgan fingerprint density at radius 2 is 1.80 bits per heavy atom. The van der Waals surface area contributed by atoms with Crippen LogP contribution in [-0.4, -0.2) is 39.1 Å². The number of nitrogens with zero attached hydrogens (tertiary/aromatic N) is 3. The van der Waals surface area contributed by atoms with E-state index in [4.69, 9.17) is 4.74 Å². The molecule has 2 rings (SSSR count). The Kier molecular flexibility index (Phi) is 9.77. The zero-order valence-electron chi connectivity index (χ0n) is 18.8. The standard InChI is InChI=1S/C23H36N4O3/c1-5-30-23(29)20(15-17(2)3)26-22(28)11-9-7-6-8-10-13-27-14-12-19-21(16-27)25-18(4)24-19/h12,14,16-17,20H,5-11,13,15H2,1-4H3,(H,26,28)/t20-/m0/s1. The Morgan fingerprint density at radius 1 is 1.10 bits per heavy atom. The van der Waals surface area contributed by atoms with Crippen molar-refractivity contribution in [2.24, 2.45) is 5.92 Å².